The van der Waals surface area contributed by atoms with Crippen molar-refractivity contribution in [3.05, 3.63) is 24.2 Å². The van der Waals surface area contributed by atoms with Crippen molar-refractivity contribution in [2.24, 2.45) is 0 Å². The van der Waals surface area contributed by atoms with Gasteiger partial charge in [0.15, 0.2) is 0 Å². The Morgan fingerprint density at radius 3 is 2.88 bits per heavy atom. The number of likely N-dealkylation sites (tertiary alicyclic amines) is 1. The minimum absolute atomic E-state index is 0.741. The van der Waals surface area contributed by atoms with Gasteiger partial charge >= 0.3 is 0 Å². The maximum atomic E-state index is 5.35. The lowest BCUT2D eigenvalue weighted by molar-refractivity contribution is 0.198. The molecule has 0 spiro atoms. The fraction of sp³-hybridized carbons (Fsp3) is 0.692. The van der Waals surface area contributed by atoms with Gasteiger partial charge in [0.25, 0.3) is 0 Å². The molecule has 16 heavy (non-hydrogen) atoms. The predicted octanol–water partition coefficient (Wildman–Crippen LogP) is 1.90. The minimum Gasteiger partial charge on any atom is -0.469 e. The summed E-state index contributed by atoms with van der Waals surface area (Å²) in [5, 5.41) is 3.53. The van der Waals surface area contributed by atoms with Gasteiger partial charge in [-0.25, -0.2) is 0 Å². The van der Waals surface area contributed by atoms with Crippen LogP contribution in [0.3, 0.4) is 0 Å². The molecule has 2 rings (SSSR count). The van der Waals surface area contributed by atoms with Crippen LogP contribution < -0.4 is 5.32 Å². The summed E-state index contributed by atoms with van der Waals surface area (Å²) in [5.41, 5.74) is 0. The summed E-state index contributed by atoms with van der Waals surface area (Å²) in [7, 11) is 0. The molecule has 1 aromatic heterocycles. The van der Waals surface area contributed by atoms with Gasteiger partial charge < -0.3 is 14.6 Å². The van der Waals surface area contributed by atoms with Gasteiger partial charge in [0, 0.05) is 19.0 Å². The van der Waals surface area contributed by atoms with Crippen molar-refractivity contribution in [1.82, 2.24) is 10.2 Å². The molecule has 1 saturated heterocycles. The third-order valence-corrected chi connectivity index (χ3v) is 3.33. The molecule has 0 saturated carbocycles. The first-order valence-electron chi connectivity index (χ1n) is 6.36. The van der Waals surface area contributed by atoms with Crippen LogP contribution in [0.15, 0.2) is 22.8 Å². The van der Waals surface area contributed by atoms with Crippen molar-refractivity contribution in [2.45, 2.75) is 32.2 Å². The molecule has 0 aromatic carbocycles. The number of nitrogens with zero attached hydrogens (tertiary/aromatic N) is 1. The van der Waals surface area contributed by atoms with Gasteiger partial charge in [0.05, 0.1) is 6.26 Å². The van der Waals surface area contributed by atoms with E-state index in [1.165, 1.54) is 25.9 Å². The number of piperidine rings is 1. The number of furan rings is 1. The predicted molar refractivity (Wildman–Crippen MR) is 65.6 cm³/mol. The van der Waals surface area contributed by atoms with Crippen LogP contribution in [-0.2, 0) is 6.42 Å². The van der Waals surface area contributed by atoms with Gasteiger partial charge in [-0.2, -0.15) is 0 Å². The maximum Gasteiger partial charge on any atom is 0.105 e. The first-order valence-corrected chi connectivity index (χ1v) is 6.36. The molecule has 1 fully saturated rings. The van der Waals surface area contributed by atoms with Crippen molar-refractivity contribution in [3.63, 3.8) is 0 Å². The van der Waals surface area contributed by atoms with Crippen molar-refractivity contribution < 1.29 is 4.42 Å². The number of hydrogen-bond donors (Lipinski definition) is 1. The zero-order chi connectivity index (χ0) is 11.2. The number of nitrogens with one attached hydrogen (secondary N) is 1. The Kier molecular flexibility index (Phi) is 4.43. The molecule has 3 nitrogen and oxygen atoms in total. The van der Waals surface area contributed by atoms with Crippen LogP contribution in [0.1, 0.15) is 25.5 Å². The summed E-state index contributed by atoms with van der Waals surface area (Å²) in [6, 6.07) is 4.77. The van der Waals surface area contributed by atoms with Crippen LogP contribution >= 0.6 is 0 Å². The average Bonchev–Trinajstić information content (AvgIpc) is 2.82. The van der Waals surface area contributed by atoms with Crippen LogP contribution in [0.5, 0.6) is 0 Å². The van der Waals surface area contributed by atoms with Gasteiger partial charge in [0.1, 0.15) is 5.76 Å². The first kappa shape index (κ1) is 11.7. The molecule has 0 aliphatic carbocycles. The van der Waals surface area contributed by atoms with E-state index in [1.807, 2.05) is 6.07 Å². The van der Waals surface area contributed by atoms with E-state index >= 15 is 0 Å². The molecule has 90 valence electrons. The molecule has 0 radical (unpaired) electrons. The molecule has 0 amide bonds. The van der Waals surface area contributed by atoms with Crippen LogP contribution in [0.2, 0.25) is 0 Å². The maximum absolute atomic E-state index is 5.35. The Balaban J connectivity index is 1.65. The zero-order valence-corrected chi connectivity index (χ0v) is 10.1. The van der Waals surface area contributed by atoms with Crippen molar-refractivity contribution in [3.8, 4) is 0 Å². The summed E-state index contributed by atoms with van der Waals surface area (Å²) in [6.45, 7) is 6.85. The van der Waals surface area contributed by atoms with Crippen LogP contribution in [0.25, 0.3) is 0 Å². The molecule has 1 aliphatic rings. The van der Waals surface area contributed by atoms with E-state index in [0.717, 1.165) is 31.3 Å². The lowest BCUT2D eigenvalue weighted by atomic mass is 10.0. The highest BCUT2D eigenvalue weighted by Gasteiger charge is 2.17. The molecule has 0 atom stereocenters. The molecule has 0 unspecified atom stereocenters. The molecule has 2 heterocycles. The van der Waals surface area contributed by atoms with E-state index in [1.54, 1.807) is 6.26 Å². The number of hydrogen-bond acceptors (Lipinski definition) is 3. The number of rotatable bonds is 5. The van der Waals surface area contributed by atoms with E-state index in [4.69, 9.17) is 4.42 Å². The summed E-state index contributed by atoms with van der Waals surface area (Å²) in [6.07, 6.45) is 5.36. The minimum atomic E-state index is 0.741. The second-order valence-corrected chi connectivity index (χ2v) is 4.50. The Morgan fingerprint density at radius 2 is 2.25 bits per heavy atom. The van der Waals surface area contributed by atoms with E-state index in [-0.39, 0.29) is 0 Å². The highest BCUT2D eigenvalue weighted by atomic mass is 16.3. The van der Waals surface area contributed by atoms with E-state index in [9.17, 15) is 0 Å². The molecule has 1 aliphatic heterocycles. The molecule has 1 aromatic rings. The highest BCUT2D eigenvalue weighted by Crippen LogP contribution is 2.11. The molecule has 3 heteroatoms. The van der Waals surface area contributed by atoms with Crippen molar-refractivity contribution in [1.29, 1.82) is 0 Å². The SMILES string of the molecule is CCNC1CCN(CCc2ccco2)CC1. The van der Waals surface area contributed by atoms with Gasteiger partial charge in [-0.15, -0.1) is 0 Å². The van der Waals surface area contributed by atoms with Crippen molar-refractivity contribution in [2.75, 3.05) is 26.2 Å². The second kappa shape index (κ2) is 6.06. The van der Waals surface area contributed by atoms with Gasteiger partial charge in [-0.3, -0.25) is 0 Å². The van der Waals surface area contributed by atoms with Gasteiger partial charge in [0.2, 0.25) is 0 Å². The summed E-state index contributed by atoms with van der Waals surface area (Å²) in [4.78, 5) is 2.54. The normalized spacial score (nSPS) is 19.1. The van der Waals surface area contributed by atoms with Crippen LogP contribution in [0, 0.1) is 0 Å². The fourth-order valence-corrected chi connectivity index (χ4v) is 2.37. The van der Waals surface area contributed by atoms with Crippen molar-refractivity contribution >= 4 is 0 Å². The Labute approximate surface area is 97.8 Å². The summed E-state index contributed by atoms with van der Waals surface area (Å²) in [5.74, 6) is 1.11. The lowest BCUT2D eigenvalue weighted by Crippen LogP contribution is -2.42. The smallest absolute Gasteiger partial charge is 0.105 e. The summed E-state index contributed by atoms with van der Waals surface area (Å²) < 4.78 is 5.35. The topological polar surface area (TPSA) is 28.4 Å². The summed E-state index contributed by atoms with van der Waals surface area (Å²) >= 11 is 0. The van der Waals surface area contributed by atoms with Gasteiger partial charge in [-0.05, 0) is 44.6 Å². The van der Waals surface area contributed by atoms with Crippen LogP contribution in [-0.4, -0.2) is 37.1 Å². The Hall–Kier alpha value is -0.800. The van der Waals surface area contributed by atoms with E-state index < -0.39 is 0 Å². The van der Waals surface area contributed by atoms with E-state index in [0.29, 0.717) is 0 Å². The first-order chi connectivity index (χ1) is 7.88. The molecule has 0 bridgehead atoms. The standard InChI is InChI=1S/C13H22N2O/c1-2-14-12-5-8-15(9-6-12)10-7-13-4-3-11-16-13/h3-4,11-12,14H,2,5-10H2,1H3. The highest BCUT2D eigenvalue weighted by molar-refractivity contribution is 4.98. The van der Waals surface area contributed by atoms with Gasteiger partial charge in [-0.1, -0.05) is 6.92 Å². The Bertz CT molecular complexity index is 276. The fourth-order valence-electron chi connectivity index (χ4n) is 2.37. The zero-order valence-electron chi connectivity index (χ0n) is 10.1. The van der Waals surface area contributed by atoms with Crippen LogP contribution in [0.4, 0.5) is 0 Å². The third kappa shape index (κ3) is 3.35. The Morgan fingerprint density at radius 1 is 1.44 bits per heavy atom. The third-order valence-electron chi connectivity index (χ3n) is 3.33. The average molecular weight is 222 g/mol. The quantitative estimate of drug-likeness (QED) is 0.824. The monoisotopic (exact) mass is 222 g/mol. The molecular weight excluding hydrogens is 200 g/mol. The largest absolute Gasteiger partial charge is 0.469 e. The van der Waals surface area contributed by atoms with E-state index in [2.05, 4.69) is 23.2 Å². The molecule has 1 N–H and O–H groups in total. The molecular formula is C13H22N2O. The lowest BCUT2D eigenvalue weighted by Gasteiger charge is -2.32. The second-order valence-electron chi connectivity index (χ2n) is 4.50.